The van der Waals surface area contributed by atoms with Gasteiger partial charge in [-0.3, -0.25) is 0 Å². The minimum absolute atomic E-state index is 0.340. The lowest BCUT2D eigenvalue weighted by Gasteiger charge is -2.23. The van der Waals surface area contributed by atoms with E-state index in [1.165, 1.54) is 19.3 Å². The van der Waals surface area contributed by atoms with Crippen LogP contribution in [0.25, 0.3) is 0 Å². The highest BCUT2D eigenvalue weighted by atomic mass is 16.5. The SMILES string of the molecule is CC[C@H](COC)C(=N)CCC1CCNCC1. The third kappa shape index (κ3) is 4.62. The lowest BCUT2D eigenvalue weighted by atomic mass is 9.89. The third-order valence-corrected chi connectivity index (χ3v) is 3.63. The van der Waals surface area contributed by atoms with Gasteiger partial charge in [0.1, 0.15) is 0 Å². The van der Waals surface area contributed by atoms with Gasteiger partial charge in [-0.1, -0.05) is 6.92 Å². The highest BCUT2D eigenvalue weighted by molar-refractivity contribution is 5.83. The Balaban J connectivity index is 2.21. The molecule has 1 heterocycles. The van der Waals surface area contributed by atoms with Crippen molar-refractivity contribution in [3.8, 4) is 0 Å². The molecule has 0 aliphatic carbocycles. The Bertz CT molecular complexity index is 200. The molecule has 3 nitrogen and oxygen atoms in total. The lowest BCUT2D eigenvalue weighted by molar-refractivity contribution is 0.173. The summed E-state index contributed by atoms with van der Waals surface area (Å²) >= 11 is 0. The summed E-state index contributed by atoms with van der Waals surface area (Å²) in [6.07, 6.45) is 5.76. The highest BCUT2D eigenvalue weighted by Crippen LogP contribution is 2.20. The quantitative estimate of drug-likeness (QED) is 0.655. The van der Waals surface area contributed by atoms with Crippen LogP contribution in [0.2, 0.25) is 0 Å². The zero-order valence-corrected chi connectivity index (χ0v) is 10.7. The summed E-state index contributed by atoms with van der Waals surface area (Å²) in [6, 6.07) is 0. The molecule has 0 radical (unpaired) electrons. The van der Waals surface area contributed by atoms with Crippen molar-refractivity contribution in [1.29, 1.82) is 5.41 Å². The van der Waals surface area contributed by atoms with Gasteiger partial charge in [-0.15, -0.1) is 0 Å². The molecule has 1 fully saturated rings. The van der Waals surface area contributed by atoms with Crippen LogP contribution in [0.1, 0.15) is 39.0 Å². The van der Waals surface area contributed by atoms with Crippen LogP contribution in [-0.4, -0.2) is 32.5 Å². The van der Waals surface area contributed by atoms with Crippen LogP contribution in [0.15, 0.2) is 0 Å². The summed E-state index contributed by atoms with van der Waals surface area (Å²) in [5.74, 6) is 1.17. The van der Waals surface area contributed by atoms with Gasteiger partial charge in [0.25, 0.3) is 0 Å². The van der Waals surface area contributed by atoms with E-state index in [4.69, 9.17) is 10.1 Å². The monoisotopic (exact) mass is 226 g/mol. The fourth-order valence-electron chi connectivity index (χ4n) is 2.40. The summed E-state index contributed by atoms with van der Waals surface area (Å²) in [4.78, 5) is 0. The maximum absolute atomic E-state index is 8.07. The van der Waals surface area contributed by atoms with Crippen LogP contribution in [-0.2, 0) is 4.74 Å². The van der Waals surface area contributed by atoms with Crippen molar-refractivity contribution in [2.24, 2.45) is 11.8 Å². The maximum Gasteiger partial charge on any atom is 0.0542 e. The number of nitrogens with one attached hydrogen (secondary N) is 2. The first-order valence-corrected chi connectivity index (χ1v) is 6.54. The summed E-state index contributed by atoms with van der Waals surface area (Å²) in [6.45, 7) is 5.17. The molecule has 0 amide bonds. The molecule has 1 aliphatic rings. The van der Waals surface area contributed by atoms with Gasteiger partial charge in [0, 0.05) is 18.7 Å². The molecule has 0 unspecified atom stereocenters. The van der Waals surface area contributed by atoms with E-state index in [9.17, 15) is 0 Å². The molecule has 1 atom stereocenters. The van der Waals surface area contributed by atoms with Crippen LogP contribution in [0.3, 0.4) is 0 Å². The average molecular weight is 226 g/mol. The van der Waals surface area contributed by atoms with Crippen molar-refractivity contribution in [3.05, 3.63) is 0 Å². The zero-order valence-electron chi connectivity index (χ0n) is 10.7. The molecule has 1 saturated heterocycles. The van der Waals surface area contributed by atoms with Gasteiger partial charge in [0.05, 0.1) is 6.61 Å². The molecule has 0 saturated carbocycles. The van der Waals surface area contributed by atoms with Gasteiger partial charge < -0.3 is 15.5 Å². The Kier molecular flexibility index (Phi) is 6.65. The van der Waals surface area contributed by atoms with E-state index in [2.05, 4.69) is 12.2 Å². The first-order chi connectivity index (χ1) is 7.77. The van der Waals surface area contributed by atoms with Crippen molar-refractivity contribution >= 4 is 5.71 Å². The van der Waals surface area contributed by atoms with Crippen molar-refractivity contribution in [3.63, 3.8) is 0 Å². The first kappa shape index (κ1) is 13.7. The second-order valence-corrected chi connectivity index (χ2v) is 4.82. The molecule has 1 rings (SSSR count). The van der Waals surface area contributed by atoms with Crippen LogP contribution in [0.5, 0.6) is 0 Å². The summed E-state index contributed by atoms with van der Waals surface area (Å²) in [5, 5.41) is 11.5. The average Bonchev–Trinajstić information content (AvgIpc) is 2.34. The van der Waals surface area contributed by atoms with Crippen molar-refractivity contribution in [1.82, 2.24) is 5.32 Å². The molecule has 94 valence electrons. The first-order valence-electron chi connectivity index (χ1n) is 6.54. The Morgan fingerprint density at radius 1 is 1.44 bits per heavy atom. The van der Waals surface area contributed by atoms with Gasteiger partial charge in [-0.25, -0.2) is 0 Å². The second-order valence-electron chi connectivity index (χ2n) is 4.82. The van der Waals surface area contributed by atoms with E-state index in [0.717, 1.165) is 37.6 Å². The molecular weight excluding hydrogens is 200 g/mol. The highest BCUT2D eigenvalue weighted by Gasteiger charge is 2.16. The predicted molar refractivity (Wildman–Crippen MR) is 68.2 cm³/mol. The number of rotatable bonds is 7. The standard InChI is InChI=1S/C13H26N2O/c1-3-12(10-16-2)13(14)5-4-11-6-8-15-9-7-11/h11-12,14-15H,3-10H2,1-2H3/t12-/m1/s1. The third-order valence-electron chi connectivity index (χ3n) is 3.63. The van der Waals surface area contributed by atoms with Gasteiger partial charge in [0.15, 0.2) is 0 Å². The van der Waals surface area contributed by atoms with E-state index < -0.39 is 0 Å². The summed E-state index contributed by atoms with van der Waals surface area (Å²) in [7, 11) is 1.72. The smallest absolute Gasteiger partial charge is 0.0542 e. The number of piperidine rings is 1. The number of methoxy groups -OCH3 is 1. The Morgan fingerprint density at radius 3 is 2.69 bits per heavy atom. The fraction of sp³-hybridized carbons (Fsp3) is 0.923. The maximum atomic E-state index is 8.07. The normalized spacial score (nSPS) is 19.6. The molecule has 0 aromatic carbocycles. The van der Waals surface area contributed by atoms with Crippen LogP contribution in [0.4, 0.5) is 0 Å². The molecule has 0 aromatic rings. The van der Waals surface area contributed by atoms with Gasteiger partial charge in [-0.2, -0.15) is 0 Å². The molecular formula is C13H26N2O. The van der Waals surface area contributed by atoms with E-state index >= 15 is 0 Å². The molecule has 0 aromatic heterocycles. The van der Waals surface area contributed by atoms with Crippen LogP contribution >= 0.6 is 0 Å². The number of hydrogen-bond acceptors (Lipinski definition) is 3. The molecule has 0 bridgehead atoms. The van der Waals surface area contributed by atoms with Crippen LogP contribution < -0.4 is 5.32 Å². The van der Waals surface area contributed by atoms with E-state index in [0.29, 0.717) is 12.5 Å². The van der Waals surface area contributed by atoms with E-state index in [1.807, 2.05) is 0 Å². The largest absolute Gasteiger partial charge is 0.384 e. The Morgan fingerprint density at radius 2 is 2.12 bits per heavy atom. The van der Waals surface area contributed by atoms with E-state index in [1.54, 1.807) is 7.11 Å². The van der Waals surface area contributed by atoms with Crippen molar-refractivity contribution in [2.45, 2.75) is 39.0 Å². The second kappa shape index (κ2) is 7.80. The van der Waals surface area contributed by atoms with E-state index in [-0.39, 0.29) is 0 Å². The molecule has 3 heteroatoms. The summed E-state index contributed by atoms with van der Waals surface area (Å²) < 4.78 is 5.16. The predicted octanol–water partition coefficient (Wildman–Crippen LogP) is 2.46. The number of hydrogen-bond donors (Lipinski definition) is 2. The summed E-state index contributed by atoms with van der Waals surface area (Å²) in [5.41, 5.74) is 0.892. The van der Waals surface area contributed by atoms with Crippen molar-refractivity contribution in [2.75, 3.05) is 26.8 Å². The molecule has 1 aliphatic heterocycles. The fourth-order valence-corrected chi connectivity index (χ4v) is 2.40. The van der Waals surface area contributed by atoms with Gasteiger partial charge in [-0.05, 0) is 51.1 Å². The van der Waals surface area contributed by atoms with Gasteiger partial charge >= 0.3 is 0 Å². The number of ether oxygens (including phenoxy) is 1. The Hall–Kier alpha value is -0.410. The lowest BCUT2D eigenvalue weighted by Crippen LogP contribution is -2.28. The minimum atomic E-state index is 0.340. The topological polar surface area (TPSA) is 45.1 Å². The zero-order chi connectivity index (χ0) is 11.8. The van der Waals surface area contributed by atoms with Crippen molar-refractivity contribution < 1.29 is 4.74 Å². The van der Waals surface area contributed by atoms with Gasteiger partial charge in [0.2, 0.25) is 0 Å². The Labute approximate surface area is 99.5 Å². The molecule has 0 spiro atoms. The molecule has 2 N–H and O–H groups in total. The van der Waals surface area contributed by atoms with Crippen LogP contribution in [0, 0.1) is 17.2 Å². The minimum Gasteiger partial charge on any atom is -0.384 e. The molecule has 16 heavy (non-hydrogen) atoms.